The van der Waals surface area contributed by atoms with Crippen LogP contribution >= 0.6 is 11.3 Å². The maximum Gasteiger partial charge on any atom is 0.174 e. The summed E-state index contributed by atoms with van der Waals surface area (Å²) in [5.41, 5.74) is 1.11. The van der Waals surface area contributed by atoms with Gasteiger partial charge in [0, 0.05) is 13.0 Å². The first-order valence-electron chi connectivity index (χ1n) is 4.33. The van der Waals surface area contributed by atoms with Crippen molar-refractivity contribution < 1.29 is 4.79 Å². The summed E-state index contributed by atoms with van der Waals surface area (Å²) in [6.07, 6.45) is 0.619. The Labute approximate surface area is 83.2 Å². The number of hydrogen-bond donors (Lipinski definition) is 0. The Balaban J connectivity index is 2.54. The lowest BCUT2D eigenvalue weighted by atomic mass is 10.2. The van der Waals surface area contributed by atoms with Crippen LogP contribution < -0.4 is 0 Å². The number of Topliss-reactive ketones (excluding diaryl/α,β-unsaturated/α-hetero) is 1. The number of hydrogen-bond acceptors (Lipinski definition) is 3. The number of ketones is 1. The average Bonchev–Trinajstić information content (AvgIpc) is 2.47. The van der Waals surface area contributed by atoms with Gasteiger partial charge in [0.15, 0.2) is 5.78 Å². The Bertz CT molecular complexity index is 291. The van der Waals surface area contributed by atoms with E-state index < -0.39 is 0 Å². The fourth-order valence-corrected chi connectivity index (χ4v) is 1.99. The third kappa shape index (κ3) is 2.94. The van der Waals surface area contributed by atoms with Crippen molar-refractivity contribution in [3.05, 3.63) is 21.9 Å². The Kier molecular flexibility index (Phi) is 3.63. The van der Waals surface area contributed by atoms with E-state index in [1.54, 1.807) is 11.3 Å². The molecule has 1 heterocycles. The quantitative estimate of drug-likeness (QED) is 0.690. The van der Waals surface area contributed by atoms with Gasteiger partial charge in [-0.05, 0) is 38.0 Å². The van der Waals surface area contributed by atoms with E-state index in [9.17, 15) is 4.79 Å². The molecule has 0 atom stereocenters. The molecule has 0 amide bonds. The lowest BCUT2D eigenvalue weighted by Gasteiger charge is -2.07. The Morgan fingerprint density at radius 3 is 2.69 bits per heavy atom. The summed E-state index contributed by atoms with van der Waals surface area (Å²) in [7, 11) is 3.96. The molecule has 3 heteroatoms. The molecule has 1 aromatic rings. The third-order valence-electron chi connectivity index (χ3n) is 1.90. The van der Waals surface area contributed by atoms with E-state index in [1.165, 1.54) is 0 Å². The van der Waals surface area contributed by atoms with Crippen molar-refractivity contribution in [2.45, 2.75) is 13.3 Å². The summed E-state index contributed by atoms with van der Waals surface area (Å²) >= 11 is 1.54. The predicted molar refractivity (Wildman–Crippen MR) is 56.6 cm³/mol. The molecule has 0 saturated heterocycles. The van der Waals surface area contributed by atoms with Gasteiger partial charge in [-0.3, -0.25) is 4.79 Å². The standard InChI is InChI=1S/C10H15NOS/c1-8-5-7-13-10(8)9(12)4-6-11(2)3/h5,7H,4,6H2,1-3H3. The van der Waals surface area contributed by atoms with Gasteiger partial charge < -0.3 is 4.90 Å². The highest BCUT2D eigenvalue weighted by Crippen LogP contribution is 2.17. The van der Waals surface area contributed by atoms with Crippen molar-refractivity contribution in [2.24, 2.45) is 0 Å². The molecule has 0 aromatic carbocycles. The van der Waals surface area contributed by atoms with Gasteiger partial charge in [0.05, 0.1) is 4.88 Å². The minimum atomic E-state index is 0.265. The molecule has 0 aliphatic rings. The fraction of sp³-hybridized carbons (Fsp3) is 0.500. The SMILES string of the molecule is Cc1ccsc1C(=O)CCN(C)C. The number of nitrogens with zero attached hydrogens (tertiary/aromatic N) is 1. The Morgan fingerprint density at radius 2 is 2.23 bits per heavy atom. The van der Waals surface area contributed by atoms with Crippen LogP contribution in [0.2, 0.25) is 0 Å². The zero-order valence-electron chi connectivity index (χ0n) is 8.33. The molecule has 0 bridgehead atoms. The predicted octanol–water partition coefficient (Wildman–Crippen LogP) is 2.19. The smallest absolute Gasteiger partial charge is 0.174 e. The highest BCUT2D eigenvalue weighted by atomic mass is 32.1. The van der Waals surface area contributed by atoms with Gasteiger partial charge in [-0.15, -0.1) is 11.3 Å². The molecule has 0 unspecified atom stereocenters. The van der Waals surface area contributed by atoms with E-state index in [0.717, 1.165) is 17.0 Å². The zero-order chi connectivity index (χ0) is 9.84. The van der Waals surface area contributed by atoms with Crippen LogP contribution in [0.1, 0.15) is 21.7 Å². The number of thiophene rings is 1. The van der Waals surface area contributed by atoms with Crippen LogP contribution in [-0.2, 0) is 0 Å². The molecule has 13 heavy (non-hydrogen) atoms. The van der Waals surface area contributed by atoms with Crippen molar-refractivity contribution in [3.8, 4) is 0 Å². The van der Waals surface area contributed by atoms with Crippen LogP contribution in [0.3, 0.4) is 0 Å². The van der Waals surface area contributed by atoms with Crippen LogP contribution in [0.25, 0.3) is 0 Å². The second-order valence-electron chi connectivity index (χ2n) is 3.41. The van der Waals surface area contributed by atoms with Gasteiger partial charge in [0.25, 0.3) is 0 Å². The Morgan fingerprint density at radius 1 is 1.54 bits per heavy atom. The lowest BCUT2D eigenvalue weighted by molar-refractivity contribution is 0.0976. The first-order valence-corrected chi connectivity index (χ1v) is 5.21. The maximum atomic E-state index is 11.6. The topological polar surface area (TPSA) is 20.3 Å². The molecule has 0 fully saturated rings. The van der Waals surface area contributed by atoms with E-state index in [4.69, 9.17) is 0 Å². The third-order valence-corrected chi connectivity index (χ3v) is 2.96. The first-order chi connectivity index (χ1) is 6.11. The second kappa shape index (κ2) is 4.53. The molecule has 0 saturated carbocycles. The van der Waals surface area contributed by atoms with E-state index in [0.29, 0.717) is 6.42 Å². The molecule has 0 radical (unpaired) electrons. The fourth-order valence-electron chi connectivity index (χ4n) is 1.10. The van der Waals surface area contributed by atoms with Crippen molar-refractivity contribution in [3.63, 3.8) is 0 Å². The molecular weight excluding hydrogens is 182 g/mol. The van der Waals surface area contributed by atoms with Crippen LogP contribution in [0.4, 0.5) is 0 Å². The summed E-state index contributed by atoms with van der Waals surface area (Å²) < 4.78 is 0. The first kappa shape index (κ1) is 10.4. The Hall–Kier alpha value is -0.670. The van der Waals surface area contributed by atoms with Crippen molar-refractivity contribution in [2.75, 3.05) is 20.6 Å². The molecule has 1 aromatic heterocycles. The molecule has 0 N–H and O–H groups in total. The monoisotopic (exact) mass is 197 g/mol. The average molecular weight is 197 g/mol. The van der Waals surface area contributed by atoms with Gasteiger partial charge >= 0.3 is 0 Å². The molecule has 0 aliphatic heterocycles. The highest BCUT2D eigenvalue weighted by molar-refractivity contribution is 7.12. The van der Waals surface area contributed by atoms with Crippen molar-refractivity contribution >= 4 is 17.1 Å². The van der Waals surface area contributed by atoms with Gasteiger partial charge in [-0.2, -0.15) is 0 Å². The van der Waals surface area contributed by atoms with Crippen molar-refractivity contribution in [1.82, 2.24) is 4.90 Å². The molecule has 1 rings (SSSR count). The maximum absolute atomic E-state index is 11.6. The molecule has 2 nitrogen and oxygen atoms in total. The summed E-state index contributed by atoms with van der Waals surface area (Å²) in [5.74, 6) is 0.265. The van der Waals surface area contributed by atoms with Crippen LogP contribution in [0, 0.1) is 6.92 Å². The van der Waals surface area contributed by atoms with Crippen molar-refractivity contribution in [1.29, 1.82) is 0 Å². The number of carbonyl (C=O) groups excluding carboxylic acids is 1. The van der Waals surface area contributed by atoms with Gasteiger partial charge in [0.1, 0.15) is 0 Å². The van der Waals surface area contributed by atoms with Crippen LogP contribution in [0.15, 0.2) is 11.4 Å². The molecule has 0 aliphatic carbocycles. The summed E-state index contributed by atoms with van der Waals surface area (Å²) in [5, 5.41) is 1.97. The molecule has 0 spiro atoms. The van der Waals surface area contributed by atoms with Crippen LogP contribution in [-0.4, -0.2) is 31.3 Å². The van der Waals surface area contributed by atoms with Crippen LogP contribution in [0.5, 0.6) is 0 Å². The summed E-state index contributed by atoms with van der Waals surface area (Å²) in [6.45, 7) is 2.82. The normalized spacial score (nSPS) is 10.8. The number of rotatable bonds is 4. The number of carbonyl (C=O) groups is 1. The van der Waals surface area contributed by atoms with Gasteiger partial charge in [0.2, 0.25) is 0 Å². The highest BCUT2D eigenvalue weighted by Gasteiger charge is 2.09. The molecular formula is C10H15NOS. The zero-order valence-corrected chi connectivity index (χ0v) is 9.15. The lowest BCUT2D eigenvalue weighted by Crippen LogP contribution is -2.16. The molecule has 72 valence electrons. The minimum absolute atomic E-state index is 0.265. The van der Waals surface area contributed by atoms with E-state index in [2.05, 4.69) is 0 Å². The second-order valence-corrected chi connectivity index (χ2v) is 4.33. The summed E-state index contributed by atoms with van der Waals surface area (Å²) in [4.78, 5) is 14.6. The number of aryl methyl sites for hydroxylation is 1. The van der Waals surface area contributed by atoms with E-state index in [-0.39, 0.29) is 5.78 Å². The van der Waals surface area contributed by atoms with Gasteiger partial charge in [-0.25, -0.2) is 0 Å². The van der Waals surface area contributed by atoms with Gasteiger partial charge in [-0.1, -0.05) is 0 Å². The van der Waals surface area contributed by atoms with E-state index >= 15 is 0 Å². The largest absolute Gasteiger partial charge is 0.309 e. The minimum Gasteiger partial charge on any atom is -0.309 e. The van der Waals surface area contributed by atoms with E-state index in [1.807, 2.05) is 37.4 Å². The summed E-state index contributed by atoms with van der Waals surface area (Å²) in [6, 6.07) is 1.99.